The number of fused-ring (bicyclic) bond motifs is 1. The van der Waals surface area contributed by atoms with Gasteiger partial charge in [0.1, 0.15) is 0 Å². The average Bonchev–Trinajstić information content (AvgIpc) is 3.30. The fourth-order valence-corrected chi connectivity index (χ4v) is 5.20. The number of hydrazine groups is 1. The molecule has 1 saturated heterocycles. The van der Waals surface area contributed by atoms with Gasteiger partial charge < -0.3 is 0 Å². The molecule has 8 heteroatoms. The summed E-state index contributed by atoms with van der Waals surface area (Å²) in [7, 11) is -3.82. The van der Waals surface area contributed by atoms with Crippen molar-refractivity contribution in [1.29, 1.82) is 0 Å². The molecule has 2 amide bonds. The summed E-state index contributed by atoms with van der Waals surface area (Å²) in [6.07, 6.45) is -0.870. The number of benzene rings is 2. The minimum atomic E-state index is -3.82. The molecule has 0 aromatic heterocycles. The minimum absolute atomic E-state index is 0.0103. The van der Waals surface area contributed by atoms with Gasteiger partial charge >= 0.3 is 0 Å². The molecule has 152 valence electrons. The fourth-order valence-electron chi connectivity index (χ4n) is 3.69. The van der Waals surface area contributed by atoms with Crippen LogP contribution in [0.2, 0.25) is 0 Å². The van der Waals surface area contributed by atoms with Gasteiger partial charge in [0, 0.05) is 21.9 Å². The lowest BCUT2D eigenvalue weighted by Gasteiger charge is -2.24. The number of aryl methyl sites for hydroxylation is 1. The maximum absolute atomic E-state index is 13.1. The molecule has 1 fully saturated rings. The van der Waals surface area contributed by atoms with Crippen molar-refractivity contribution < 1.29 is 20.7 Å². The van der Waals surface area contributed by atoms with Crippen LogP contribution in [0.1, 0.15) is 42.3 Å². The lowest BCUT2D eigenvalue weighted by molar-refractivity contribution is 0.0522. The molecule has 0 spiro atoms. The van der Waals surface area contributed by atoms with Gasteiger partial charge in [0.05, 0.1) is 16.0 Å². The van der Waals surface area contributed by atoms with E-state index in [1.807, 2.05) is 6.92 Å². The summed E-state index contributed by atoms with van der Waals surface area (Å²) in [5, 5.41) is 0.904. The number of sulfonamides is 1. The summed E-state index contributed by atoms with van der Waals surface area (Å²) in [4.78, 5) is 25.5. The summed E-state index contributed by atoms with van der Waals surface area (Å²) < 4.78 is 43.4. The van der Waals surface area contributed by atoms with Gasteiger partial charge in [0.25, 0.3) is 11.8 Å². The van der Waals surface area contributed by atoms with E-state index in [2.05, 4.69) is 5.43 Å². The second-order valence-electron chi connectivity index (χ2n) is 7.26. The molecule has 0 radical (unpaired) electrons. The van der Waals surface area contributed by atoms with Crippen LogP contribution in [0.25, 0.3) is 0 Å². The number of hydrogen-bond acceptors (Lipinski definition) is 5. The fraction of sp³-hybridized carbons (Fsp3) is 0.333. The van der Waals surface area contributed by atoms with Crippen LogP contribution in [0.4, 0.5) is 0 Å². The Kier molecular flexibility index (Phi) is 4.40. The topological polar surface area (TPSA) is 86.8 Å². The van der Waals surface area contributed by atoms with E-state index >= 15 is 0 Å². The summed E-state index contributed by atoms with van der Waals surface area (Å²) in [6.45, 7) is 1.67. The lowest BCUT2D eigenvalue weighted by atomic mass is 10.0. The highest BCUT2D eigenvalue weighted by Crippen LogP contribution is 2.28. The third-order valence-electron chi connectivity index (χ3n) is 5.38. The monoisotopic (exact) mass is 415 g/mol. The largest absolute Gasteiger partial charge is 0.276 e. The van der Waals surface area contributed by atoms with Gasteiger partial charge in [0.2, 0.25) is 10.0 Å². The number of rotatable bonds is 5. The van der Waals surface area contributed by atoms with Crippen molar-refractivity contribution in [1.82, 2.24) is 14.7 Å². The number of nitrogens with zero attached hydrogens (tertiary/aromatic N) is 2. The van der Waals surface area contributed by atoms with Gasteiger partial charge in [-0.3, -0.25) is 9.59 Å². The highest BCUT2D eigenvalue weighted by atomic mass is 32.2. The molecule has 2 heterocycles. The highest BCUT2D eigenvalue weighted by Gasteiger charge is 2.43. The molecule has 2 aliphatic rings. The number of nitrogens with one attached hydrogen (secondary N) is 1. The van der Waals surface area contributed by atoms with Crippen LogP contribution >= 0.6 is 0 Å². The first kappa shape index (κ1) is 17.3. The van der Waals surface area contributed by atoms with Crippen LogP contribution in [-0.2, 0) is 10.0 Å². The SMILES string of the molecule is [2H]CC([2H])[C@@H]1CN(S(=O)(=O)c2ccc(C)cc2)C[C@@H]1NN1C(=O)c2ccccc2C1=O. The first-order chi connectivity index (χ1) is 14.7. The van der Waals surface area contributed by atoms with Crippen LogP contribution in [0.3, 0.4) is 0 Å². The summed E-state index contributed by atoms with van der Waals surface area (Å²) in [5.41, 5.74) is 4.37. The third kappa shape index (κ3) is 3.37. The normalized spacial score (nSPS) is 24.4. The smallest absolute Gasteiger partial charge is 0.267 e. The van der Waals surface area contributed by atoms with E-state index in [9.17, 15) is 18.0 Å². The Balaban J connectivity index is 1.59. The lowest BCUT2D eigenvalue weighted by Crippen LogP contribution is -2.51. The third-order valence-corrected chi connectivity index (χ3v) is 7.23. The molecule has 1 N–H and O–H groups in total. The number of carbonyl (C=O) groups is 2. The molecule has 2 aliphatic heterocycles. The number of amides is 2. The van der Waals surface area contributed by atoms with Crippen LogP contribution in [0, 0.1) is 12.8 Å². The van der Waals surface area contributed by atoms with Crippen molar-refractivity contribution >= 4 is 21.8 Å². The van der Waals surface area contributed by atoms with Gasteiger partial charge in [-0.25, -0.2) is 18.9 Å². The Morgan fingerprint density at radius 1 is 1.07 bits per heavy atom. The summed E-state index contributed by atoms with van der Waals surface area (Å²) in [5.74, 6) is -1.57. The predicted octanol–water partition coefficient (Wildman–Crippen LogP) is 2.19. The zero-order valence-electron chi connectivity index (χ0n) is 17.9. The van der Waals surface area contributed by atoms with Crippen LogP contribution in [0.5, 0.6) is 0 Å². The second kappa shape index (κ2) is 7.37. The Morgan fingerprint density at radius 2 is 1.69 bits per heavy atom. The molecule has 3 atom stereocenters. The second-order valence-corrected chi connectivity index (χ2v) is 9.20. The first-order valence-corrected chi connectivity index (χ1v) is 10.7. The van der Waals surface area contributed by atoms with E-state index in [4.69, 9.17) is 2.74 Å². The van der Waals surface area contributed by atoms with Crippen molar-refractivity contribution in [2.24, 2.45) is 5.92 Å². The zero-order valence-corrected chi connectivity index (χ0v) is 16.7. The summed E-state index contributed by atoms with van der Waals surface area (Å²) >= 11 is 0. The molecule has 2 aromatic rings. The van der Waals surface area contributed by atoms with E-state index in [1.54, 1.807) is 36.4 Å². The molecule has 0 saturated carbocycles. The van der Waals surface area contributed by atoms with Gasteiger partial charge in [-0.1, -0.05) is 43.1 Å². The zero-order chi connectivity index (χ0) is 22.3. The maximum Gasteiger partial charge on any atom is 0.276 e. The molecular weight excluding hydrogens is 390 g/mol. The predicted molar refractivity (Wildman–Crippen MR) is 108 cm³/mol. The Bertz CT molecular complexity index is 1090. The molecule has 0 aliphatic carbocycles. The molecule has 0 bridgehead atoms. The van der Waals surface area contributed by atoms with Gasteiger partial charge in [-0.2, -0.15) is 4.31 Å². The maximum atomic E-state index is 13.1. The number of imide groups is 1. The van der Waals surface area contributed by atoms with Crippen molar-refractivity contribution in [2.75, 3.05) is 13.1 Å². The molecule has 4 rings (SSSR count). The van der Waals surface area contributed by atoms with E-state index in [0.717, 1.165) is 10.6 Å². The van der Waals surface area contributed by atoms with Gasteiger partial charge in [0.15, 0.2) is 0 Å². The van der Waals surface area contributed by atoms with Crippen molar-refractivity contribution in [3.05, 3.63) is 65.2 Å². The van der Waals surface area contributed by atoms with Gasteiger partial charge in [-0.05, 0) is 37.1 Å². The molecule has 29 heavy (non-hydrogen) atoms. The standard InChI is InChI=1S/C21H23N3O4S/c1-3-15-12-23(29(27,28)16-10-8-14(2)9-11-16)13-19(15)22-24-20(25)17-6-4-5-7-18(17)21(24)26/h4-11,15,19,22H,3,12-13H2,1-2H3/t15-,19+/m1/s1/i1D,3D/t3?,15-,19+. The number of carbonyl (C=O) groups excluding carboxylic acids is 2. The Morgan fingerprint density at radius 3 is 2.28 bits per heavy atom. The van der Waals surface area contributed by atoms with Crippen molar-refractivity contribution in [3.63, 3.8) is 0 Å². The molecule has 2 aromatic carbocycles. The Hall–Kier alpha value is -2.55. The Labute approximate surface area is 173 Å². The highest BCUT2D eigenvalue weighted by molar-refractivity contribution is 7.89. The van der Waals surface area contributed by atoms with Crippen molar-refractivity contribution in [2.45, 2.75) is 31.2 Å². The molecule has 1 unspecified atom stereocenters. The van der Waals surface area contributed by atoms with Crippen LogP contribution in [0.15, 0.2) is 53.4 Å². The van der Waals surface area contributed by atoms with Crippen molar-refractivity contribution in [3.8, 4) is 0 Å². The minimum Gasteiger partial charge on any atom is -0.267 e. The molecule has 7 nitrogen and oxygen atoms in total. The van der Waals surface area contributed by atoms with E-state index in [1.165, 1.54) is 16.4 Å². The van der Waals surface area contributed by atoms with Crippen LogP contribution in [-0.4, -0.2) is 48.7 Å². The van der Waals surface area contributed by atoms with E-state index < -0.39 is 40.2 Å². The average molecular weight is 416 g/mol. The first-order valence-electron chi connectivity index (χ1n) is 10.5. The quantitative estimate of drug-likeness (QED) is 0.757. The van der Waals surface area contributed by atoms with Crippen LogP contribution < -0.4 is 5.43 Å². The van der Waals surface area contributed by atoms with Gasteiger partial charge in [-0.15, -0.1) is 0 Å². The summed E-state index contributed by atoms with van der Waals surface area (Å²) in [6, 6.07) is 12.3. The molecular formula is C21H23N3O4S. The van der Waals surface area contributed by atoms with E-state index in [-0.39, 0.29) is 36.0 Å². The van der Waals surface area contributed by atoms with E-state index in [0.29, 0.717) is 0 Å². The number of hydrogen-bond donors (Lipinski definition) is 1.